The Kier molecular flexibility index (Phi) is 5.28. The van der Waals surface area contributed by atoms with Gasteiger partial charge < -0.3 is 10.6 Å². The smallest absolute Gasteiger partial charge is 0.255 e. The minimum atomic E-state index is -0.229. The number of hydrogen-bond acceptors (Lipinski definition) is 4. The highest BCUT2D eigenvalue weighted by atomic mass is 32.1. The van der Waals surface area contributed by atoms with E-state index in [1.54, 1.807) is 41.7 Å². The largest absolute Gasteiger partial charge is 0.323 e. The number of nitrogens with one attached hydrogen (secondary N) is 3. The Balaban J connectivity index is 1.61. The van der Waals surface area contributed by atoms with E-state index in [4.69, 9.17) is 0 Å². The van der Waals surface area contributed by atoms with Crippen LogP contribution in [0.3, 0.4) is 0 Å². The monoisotopic (exact) mass is 366 g/mol. The number of anilines is 2. The predicted molar refractivity (Wildman–Crippen MR) is 104 cm³/mol. The second-order valence-corrected chi connectivity index (χ2v) is 6.66. The number of amides is 2. The van der Waals surface area contributed by atoms with Crippen molar-refractivity contribution in [3.8, 4) is 0 Å². The van der Waals surface area contributed by atoms with Crippen LogP contribution in [0.4, 0.5) is 11.4 Å². The molecule has 3 rings (SSSR count). The number of carbonyl (C=O) groups is 2. The highest BCUT2D eigenvalue weighted by Crippen LogP contribution is 2.18. The molecule has 2 heterocycles. The number of hydrogen-bond donors (Lipinski definition) is 3. The zero-order chi connectivity index (χ0) is 18.5. The third-order valence-electron chi connectivity index (χ3n) is 3.72. The first kappa shape index (κ1) is 17.6. The van der Waals surface area contributed by atoms with Gasteiger partial charge in [0.25, 0.3) is 5.91 Å². The third kappa shape index (κ3) is 4.25. The molecule has 6 nitrogen and oxygen atoms in total. The van der Waals surface area contributed by atoms with Crippen molar-refractivity contribution < 1.29 is 9.59 Å². The molecule has 0 aliphatic heterocycles. The molecule has 0 fully saturated rings. The van der Waals surface area contributed by atoms with E-state index in [2.05, 4.69) is 20.8 Å². The van der Waals surface area contributed by atoms with E-state index in [0.717, 1.165) is 16.3 Å². The van der Waals surface area contributed by atoms with E-state index in [-0.39, 0.29) is 11.8 Å². The molecule has 2 amide bonds. The topological polar surface area (TPSA) is 86.9 Å². The summed E-state index contributed by atoms with van der Waals surface area (Å²) < 4.78 is 0. The summed E-state index contributed by atoms with van der Waals surface area (Å²) in [6.07, 6.45) is 3.24. The van der Waals surface area contributed by atoms with E-state index in [1.807, 2.05) is 31.4 Å². The molecule has 1 aromatic carbocycles. The van der Waals surface area contributed by atoms with Crippen LogP contribution in [-0.4, -0.2) is 22.0 Å². The summed E-state index contributed by atoms with van der Waals surface area (Å²) in [7, 11) is 0. The lowest BCUT2D eigenvalue weighted by Gasteiger charge is -2.07. The van der Waals surface area contributed by atoms with Crippen LogP contribution < -0.4 is 10.6 Å². The standard InChI is InChI=1S/C19H18N4O2S/c1-12-18(13(2)23-22-12)21-19(25)14-5-7-15(8-6-14)20-17(24)10-9-16-4-3-11-26-16/h3-11H,1-2H3,(H,20,24)(H,21,25)(H,22,23)/b10-9+. The number of thiophene rings is 1. The molecule has 0 atom stereocenters. The Hall–Kier alpha value is -3.19. The maximum atomic E-state index is 12.3. The van der Waals surface area contributed by atoms with E-state index < -0.39 is 0 Å². The zero-order valence-corrected chi connectivity index (χ0v) is 15.2. The quantitative estimate of drug-likeness (QED) is 0.597. The van der Waals surface area contributed by atoms with Gasteiger partial charge in [-0.25, -0.2) is 0 Å². The van der Waals surface area contributed by atoms with E-state index >= 15 is 0 Å². The fourth-order valence-electron chi connectivity index (χ4n) is 2.35. The first-order chi connectivity index (χ1) is 12.5. The highest BCUT2D eigenvalue weighted by Gasteiger charge is 2.12. The lowest BCUT2D eigenvalue weighted by atomic mass is 10.2. The Bertz CT molecular complexity index is 921. The van der Waals surface area contributed by atoms with Gasteiger partial charge in [0.1, 0.15) is 0 Å². The normalized spacial score (nSPS) is 10.8. The molecule has 132 valence electrons. The molecule has 0 aliphatic carbocycles. The Labute approximate surface area is 155 Å². The average Bonchev–Trinajstić information content (AvgIpc) is 3.26. The maximum absolute atomic E-state index is 12.3. The molecular weight excluding hydrogens is 348 g/mol. The first-order valence-corrected chi connectivity index (χ1v) is 8.86. The summed E-state index contributed by atoms with van der Waals surface area (Å²) in [6, 6.07) is 10.6. The van der Waals surface area contributed by atoms with Crippen LogP contribution in [0.15, 0.2) is 47.9 Å². The van der Waals surface area contributed by atoms with E-state index in [0.29, 0.717) is 16.9 Å². The number of aromatic amines is 1. The fraction of sp³-hybridized carbons (Fsp3) is 0.105. The van der Waals surface area contributed by atoms with Gasteiger partial charge in [-0.15, -0.1) is 11.3 Å². The first-order valence-electron chi connectivity index (χ1n) is 7.98. The zero-order valence-electron chi connectivity index (χ0n) is 14.4. The number of carbonyl (C=O) groups excluding carboxylic acids is 2. The molecule has 0 saturated heterocycles. The SMILES string of the molecule is Cc1n[nH]c(C)c1NC(=O)c1ccc(NC(=O)/C=C/c2cccs2)cc1. The maximum Gasteiger partial charge on any atom is 0.255 e. The van der Waals surface area contributed by atoms with Gasteiger partial charge in [-0.3, -0.25) is 14.7 Å². The van der Waals surface area contributed by atoms with Crippen LogP contribution in [0.1, 0.15) is 26.6 Å². The Morgan fingerprint density at radius 2 is 1.88 bits per heavy atom. The van der Waals surface area contributed by atoms with Gasteiger partial charge in [0.15, 0.2) is 0 Å². The van der Waals surface area contributed by atoms with Gasteiger partial charge in [0, 0.05) is 22.2 Å². The number of aromatic nitrogens is 2. The molecule has 7 heteroatoms. The molecule has 0 bridgehead atoms. The fourth-order valence-corrected chi connectivity index (χ4v) is 2.97. The van der Waals surface area contributed by atoms with Crippen molar-refractivity contribution in [3.05, 3.63) is 69.7 Å². The summed E-state index contributed by atoms with van der Waals surface area (Å²) in [5.74, 6) is -0.451. The third-order valence-corrected chi connectivity index (χ3v) is 4.56. The minimum absolute atomic E-state index is 0.222. The molecule has 0 radical (unpaired) electrons. The molecule has 26 heavy (non-hydrogen) atoms. The Morgan fingerprint density at radius 1 is 1.12 bits per heavy atom. The predicted octanol–water partition coefficient (Wildman–Crippen LogP) is 3.99. The summed E-state index contributed by atoms with van der Waals surface area (Å²) in [5, 5.41) is 14.4. The molecule has 3 aromatic rings. The van der Waals surface area contributed by atoms with Gasteiger partial charge >= 0.3 is 0 Å². The van der Waals surface area contributed by atoms with Crippen molar-refractivity contribution >= 4 is 40.6 Å². The van der Waals surface area contributed by atoms with Crippen LogP contribution in [-0.2, 0) is 4.79 Å². The van der Waals surface area contributed by atoms with Crippen molar-refractivity contribution in [2.45, 2.75) is 13.8 Å². The highest BCUT2D eigenvalue weighted by molar-refractivity contribution is 7.10. The van der Waals surface area contributed by atoms with Crippen LogP contribution in [0.2, 0.25) is 0 Å². The van der Waals surface area contributed by atoms with Gasteiger partial charge in [-0.2, -0.15) is 5.10 Å². The van der Waals surface area contributed by atoms with Crippen LogP contribution in [0.25, 0.3) is 6.08 Å². The van der Waals surface area contributed by atoms with Crippen molar-refractivity contribution in [3.63, 3.8) is 0 Å². The van der Waals surface area contributed by atoms with Crippen LogP contribution >= 0.6 is 11.3 Å². The van der Waals surface area contributed by atoms with Gasteiger partial charge in [-0.1, -0.05) is 6.07 Å². The summed E-state index contributed by atoms with van der Waals surface area (Å²) in [6.45, 7) is 3.67. The summed E-state index contributed by atoms with van der Waals surface area (Å²) >= 11 is 1.56. The molecule has 2 aromatic heterocycles. The van der Waals surface area contributed by atoms with E-state index in [9.17, 15) is 9.59 Å². The molecule has 0 aliphatic rings. The molecule has 3 N–H and O–H groups in total. The summed E-state index contributed by atoms with van der Waals surface area (Å²) in [5.41, 5.74) is 3.34. The molecule has 0 saturated carbocycles. The number of benzene rings is 1. The van der Waals surface area contributed by atoms with E-state index in [1.165, 1.54) is 6.08 Å². The number of H-pyrrole nitrogens is 1. The average molecular weight is 366 g/mol. The summed E-state index contributed by atoms with van der Waals surface area (Å²) in [4.78, 5) is 25.3. The van der Waals surface area contributed by atoms with Crippen molar-refractivity contribution in [1.82, 2.24) is 10.2 Å². The lowest BCUT2D eigenvalue weighted by Crippen LogP contribution is -2.13. The van der Waals surface area contributed by atoms with Crippen molar-refractivity contribution in [1.29, 1.82) is 0 Å². The second-order valence-electron chi connectivity index (χ2n) is 5.68. The molecule has 0 spiro atoms. The van der Waals surface area contributed by atoms with Gasteiger partial charge in [0.05, 0.1) is 17.1 Å². The van der Waals surface area contributed by atoms with Crippen molar-refractivity contribution in [2.24, 2.45) is 0 Å². The second kappa shape index (κ2) is 7.79. The van der Waals surface area contributed by atoms with Gasteiger partial charge in [0.2, 0.25) is 5.91 Å². The van der Waals surface area contributed by atoms with Gasteiger partial charge in [-0.05, 0) is 55.6 Å². The Morgan fingerprint density at radius 3 is 2.50 bits per heavy atom. The number of nitrogens with zero attached hydrogens (tertiary/aromatic N) is 1. The molecule has 0 unspecified atom stereocenters. The van der Waals surface area contributed by atoms with Crippen molar-refractivity contribution in [2.75, 3.05) is 10.6 Å². The van der Waals surface area contributed by atoms with Crippen LogP contribution in [0.5, 0.6) is 0 Å². The minimum Gasteiger partial charge on any atom is -0.323 e. The number of rotatable bonds is 5. The number of aryl methyl sites for hydroxylation is 2. The lowest BCUT2D eigenvalue weighted by molar-refractivity contribution is -0.111. The van der Waals surface area contributed by atoms with Crippen LogP contribution in [0, 0.1) is 13.8 Å². The molecular formula is C19H18N4O2S.